The highest BCUT2D eigenvalue weighted by atomic mass is 32.2. The van der Waals surface area contributed by atoms with E-state index in [0.717, 1.165) is 0 Å². The first-order valence-electron chi connectivity index (χ1n) is 3.52. The van der Waals surface area contributed by atoms with E-state index in [1.807, 2.05) is 0 Å². The van der Waals surface area contributed by atoms with Crippen LogP contribution in [-0.2, 0) is 10.0 Å². The van der Waals surface area contributed by atoms with E-state index in [0.29, 0.717) is 6.42 Å². The Morgan fingerprint density at radius 3 is 2.33 bits per heavy atom. The van der Waals surface area contributed by atoms with Crippen molar-refractivity contribution in [3.63, 3.8) is 0 Å². The van der Waals surface area contributed by atoms with Gasteiger partial charge >= 0.3 is 0 Å². The first-order valence-corrected chi connectivity index (χ1v) is 5.07. The highest BCUT2D eigenvalue weighted by Crippen LogP contribution is 2.01. The van der Waals surface area contributed by atoms with Crippen molar-refractivity contribution in [2.45, 2.75) is 18.6 Å². The van der Waals surface area contributed by atoms with Crippen LogP contribution in [0, 0.1) is 11.3 Å². The second-order valence-electron chi connectivity index (χ2n) is 2.56. The minimum Gasteiger partial charge on any atom is -0.237 e. The van der Waals surface area contributed by atoms with Crippen LogP contribution in [0.1, 0.15) is 13.3 Å². The van der Waals surface area contributed by atoms with Gasteiger partial charge in [0, 0.05) is 14.1 Å². The topological polar surface area (TPSA) is 73.2 Å². The van der Waals surface area contributed by atoms with Crippen LogP contribution in [0.3, 0.4) is 0 Å². The summed E-state index contributed by atoms with van der Waals surface area (Å²) in [6.07, 6.45) is 0.291. The predicted octanol–water partition coefficient (Wildman–Crippen LogP) is -0.315. The number of hydrogen-bond donors (Lipinski definition) is 1. The molecule has 70 valence electrons. The lowest BCUT2D eigenvalue weighted by Crippen LogP contribution is -2.41. The van der Waals surface area contributed by atoms with Crippen LogP contribution in [-0.4, -0.2) is 32.8 Å². The fraction of sp³-hybridized carbons (Fsp3) is 0.833. The number of hydrazine groups is 1. The lowest BCUT2D eigenvalue weighted by molar-refractivity contribution is 0.362. The zero-order chi connectivity index (χ0) is 9.78. The third kappa shape index (κ3) is 3.17. The summed E-state index contributed by atoms with van der Waals surface area (Å²) >= 11 is 0. The van der Waals surface area contributed by atoms with Gasteiger partial charge in [-0.15, -0.1) is 4.83 Å². The smallest absolute Gasteiger partial charge is 0.237 e. The highest BCUT2D eigenvalue weighted by molar-refractivity contribution is 7.90. The van der Waals surface area contributed by atoms with Gasteiger partial charge in [-0.2, -0.15) is 5.26 Å². The Bertz CT molecular complexity index is 265. The molecule has 0 heterocycles. The molecule has 0 aliphatic rings. The normalized spacial score (nSPS) is 14.2. The molecule has 0 aromatic rings. The maximum absolute atomic E-state index is 11.2. The molecule has 0 spiro atoms. The fourth-order valence-corrected chi connectivity index (χ4v) is 1.91. The molecular weight excluding hydrogens is 178 g/mol. The molecule has 1 atom stereocenters. The van der Waals surface area contributed by atoms with Crippen molar-refractivity contribution in [1.82, 2.24) is 9.84 Å². The average Bonchev–Trinajstić information content (AvgIpc) is 1.85. The number of hydrogen-bond acceptors (Lipinski definition) is 4. The molecule has 0 aliphatic heterocycles. The number of nitrogens with one attached hydrogen (secondary N) is 1. The molecule has 0 aromatic heterocycles. The Hall–Kier alpha value is -0.640. The Labute approximate surface area is 73.0 Å². The van der Waals surface area contributed by atoms with Gasteiger partial charge in [-0.05, 0) is 6.42 Å². The molecule has 0 radical (unpaired) electrons. The quantitative estimate of drug-likeness (QED) is 0.618. The zero-order valence-corrected chi connectivity index (χ0v) is 8.22. The lowest BCUT2D eigenvalue weighted by atomic mass is 10.4. The minimum atomic E-state index is -3.51. The van der Waals surface area contributed by atoms with Crippen molar-refractivity contribution in [1.29, 1.82) is 5.26 Å². The summed E-state index contributed by atoms with van der Waals surface area (Å²) in [5, 5.41) is 8.82. The van der Waals surface area contributed by atoms with Gasteiger partial charge in [0.2, 0.25) is 10.0 Å². The van der Waals surface area contributed by atoms with E-state index in [4.69, 9.17) is 5.26 Å². The molecule has 0 amide bonds. The average molecular weight is 191 g/mol. The number of nitriles is 1. The first-order chi connectivity index (χ1) is 5.44. The fourth-order valence-electron chi connectivity index (χ4n) is 0.698. The molecule has 1 N–H and O–H groups in total. The Morgan fingerprint density at radius 2 is 2.08 bits per heavy atom. The molecule has 0 aromatic carbocycles. The summed E-state index contributed by atoms with van der Waals surface area (Å²) in [6.45, 7) is 1.66. The van der Waals surface area contributed by atoms with Gasteiger partial charge < -0.3 is 0 Å². The molecule has 0 saturated carbocycles. The van der Waals surface area contributed by atoms with Crippen molar-refractivity contribution >= 4 is 10.0 Å². The molecule has 0 saturated heterocycles. The summed E-state index contributed by atoms with van der Waals surface area (Å²) in [5.41, 5.74) is 0. The largest absolute Gasteiger partial charge is 0.240 e. The maximum atomic E-state index is 11.2. The van der Waals surface area contributed by atoms with Gasteiger partial charge in [-0.25, -0.2) is 13.4 Å². The van der Waals surface area contributed by atoms with Crippen LogP contribution in [0.15, 0.2) is 0 Å². The Kier molecular flexibility index (Phi) is 4.17. The van der Waals surface area contributed by atoms with Crippen LogP contribution in [0.2, 0.25) is 0 Å². The summed E-state index contributed by atoms with van der Waals surface area (Å²) in [4.78, 5) is 2.20. The summed E-state index contributed by atoms with van der Waals surface area (Å²) in [5.74, 6) is 0. The van der Waals surface area contributed by atoms with E-state index in [1.54, 1.807) is 27.1 Å². The second-order valence-corrected chi connectivity index (χ2v) is 4.40. The van der Waals surface area contributed by atoms with Crippen LogP contribution < -0.4 is 4.83 Å². The number of rotatable bonds is 4. The standard InChI is InChI=1S/C6H13N3O2S/c1-4-6(5-7)12(10,11)8-9(2)3/h6,8H,4H2,1-3H3. The summed E-state index contributed by atoms with van der Waals surface area (Å²) < 4.78 is 22.5. The molecule has 6 heteroatoms. The highest BCUT2D eigenvalue weighted by Gasteiger charge is 2.23. The van der Waals surface area contributed by atoms with Gasteiger partial charge in [-0.3, -0.25) is 0 Å². The van der Waals surface area contributed by atoms with E-state index < -0.39 is 15.3 Å². The molecule has 12 heavy (non-hydrogen) atoms. The van der Waals surface area contributed by atoms with Gasteiger partial charge in [0.05, 0.1) is 6.07 Å². The summed E-state index contributed by atoms with van der Waals surface area (Å²) in [6, 6.07) is 1.72. The minimum absolute atomic E-state index is 0.291. The second kappa shape index (κ2) is 4.40. The van der Waals surface area contributed by atoms with Crippen molar-refractivity contribution in [2.75, 3.05) is 14.1 Å². The molecule has 0 rings (SSSR count). The number of nitrogens with zero attached hydrogens (tertiary/aromatic N) is 2. The van der Waals surface area contributed by atoms with Gasteiger partial charge in [0.25, 0.3) is 0 Å². The van der Waals surface area contributed by atoms with E-state index in [-0.39, 0.29) is 0 Å². The monoisotopic (exact) mass is 191 g/mol. The molecule has 0 bridgehead atoms. The SMILES string of the molecule is CCC(C#N)S(=O)(=O)NN(C)C. The van der Waals surface area contributed by atoms with Gasteiger partial charge in [0.15, 0.2) is 5.25 Å². The Balaban J connectivity index is 4.52. The summed E-state index contributed by atoms with van der Waals surface area (Å²) in [7, 11) is -0.393. The molecule has 5 nitrogen and oxygen atoms in total. The van der Waals surface area contributed by atoms with E-state index in [1.165, 1.54) is 5.01 Å². The van der Waals surface area contributed by atoms with Crippen LogP contribution in [0.5, 0.6) is 0 Å². The lowest BCUT2D eigenvalue weighted by Gasteiger charge is -2.14. The maximum Gasteiger partial charge on any atom is 0.240 e. The van der Waals surface area contributed by atoms with Gasteiger partial charge in [0.1, 0.15) is 0 Å². The Morgan fingerprint density at radius 1 is 1.58 bits per heavy atom. The van der Waals surface area contributed by atoms with E-state index in [2.05, 4.69) is 4.83 Å². The van der Waals surface area contributed by atoms with Crippen molar-refractivity contribution in [3.8, 4) is 6.07 Å². The molecular formula is C6H13N3O2S. The van der Waals surface area contributed by atoms with E-state index in [9.17, 15) is 8.42 Å². The molecule has 0 fully saturated rings. The zero-order valence-electron chi connectivity index (χ0n) is 7.40. The van der Waals surface area contributed by atoms with Gasteiger partial charge in [-0.1, -0.05) is 6.92 Å². The van der Waals surface area contributed by atoms with E-state index >= 15 is 0 Å². The third-order valence-corrected chi connectivity index (χ3v) is 3.01. The van der Waals surface area contributed by atoms with Crippen molar-refractivity contribution in [2.24, 2.45) is 0 Å². The van der Waals surface area contributed by atoms with Crippen LogP contribution >= 0.6 is 0 Å². The van der Waals surface area contributed by atoms with Crippen molar-refractivity contribution in [3.05, 3.63) is 0 Å². The number of sulfonamides is 1. The van der Waals surface area contributed by atoms with Crippen LogP contribution in [0.4, 0.5) is 0 Å². The third-order valence-electron chi connectivity index (χ3n) is 1.20. The van der Waals surface area contributed by atoms with Crippen LogP contribution in [0.25, 0.3) is 0 Å². The molecule has 0 aliphatic carbocycles. The first kappa shape index (κ1) is 11.4. The molecule has 1 unspecified atom stereocenters. The van der Waals surface area contributed by atoms with Crippen molar-refractivity contribution < 1.29 is 8.42 Å². The predicted molar refractivity (Wildman–Crippen MR) is 45.4 cm³/mol.